The van der Waals surface area contributed by atoms with Gasteiger partial charge in [-0.25, -0.2) is 0 Å². The van der Waals surface area contributed by atoms with Crippen LogP contribution in [0, 0.1) is 0 Å². The van der Waals surface area contributed by atoms with Gasteiger partial charge in [-0.2, -0.15) is 0 Å². The first kappa shape index (κ1) is 19.9. The summed E-state index contributed by atoms with van der Waals surface area (Å²) in [6.45, 7) is 1.77. The summed E-state index contributed by atoms with van der Waals surface area (Å²) in [6, 6.07) is 17.0. The topological polar surface area (TPSA) is 71.9 Å². The summed E-state index contributed by atoms with van der Waals surface area (Å²) in [5.41, 5.74) is 7.36. The van der Waals surface area contributed by atoms with Crippen molar-refractivity contribution in [3.8, 4) is 5.75 Å². The van der Waals surface area contributed by atoms with Gasteiger partial charge in [0.25, 0.3) is 11.8 Å². The van der Waals surface area contributed by atoms with E-state index in [9.17, 15) is 9.59 Å². The number of halogens is 1. The maximum Gasteiger partial charge on any atom is 0.293 e. The molecule has 0 bridgehead atoms. The monoisotopic (exact) mass is 400 g/mol. The van der Waals surface area contributed by atoms with Gasteiger partial charge in [0.15, 0.2) is 13.2 Å². The van der Waals surface area contributed by atoms with Crippen LogP contribution < -0.4 is 20.5 Å². The number of carbonyl (C=O) groups excluding carboxylic acids is 2. The molecule has 0 radical (unpaired) electrons. The molecule has 2 aromatic carbocycles. The van der Waals surface area contributed by atoms with E-state index >= 15 is 0 Å². The predicted octanol–water partition coefficient (Wildman–Crippen LogP) is 1.24. The number of quaternary nitrogens is 1. The lowest BCUT2D eigenvalue weighted by molar-refractivity contribution is -0.886. The SMILES string of the molecule is O=C(COc1ccc(Cl)cc1)NNC(=O)C[NH+]1CC=C(c2ccccc2)CC1. The van der Waals surface area contributed by atoms with E-state index in [2.05, 4.69) is 29.1 Å². The molecule has 0 saturated carbocycles. The number of hydrazine groups is 1. The van der Waals surface area contributed by atoms with E-state index in [0.29, 0.717) is 17.3 Å². The fourth-order valence-corrected chi connectivity index (χ4v) is 3.11. The number of hydrogen-bond acceptors (Lipinski definition) is 3. The molecule has 0 aliphatic carbocycles. The van der Waals surface area contributed by atoms with Crippen LogP contribution in [0.2, 0.25) is 5.02 Å². The van der Waals surface area contributed by atoms with Crippen molar-refractivity contribution in [3.05, 3.63) is 71.3 Å². The third-order valence-corrected chi connectivity index (χ3v) is 4.72. The highest BCUT2D eigenvalue weighted by atomic mass is 35.5. The fourth-order valence-electron chi connectivity index (χ4n) is 2.98. The number of amides is 2. The highest BCUT2D eigenvalue weighted by Gasteiger charge is 2.19. The number of nitrogens with one attached hydrogen (secondary N) is 3. The fraction of sp³-hybridized carbons (Fsp3) is 0.238. The van der Waals surface area contributed by atoms with E-state index < -0.39 is 5.91 Å². The van der Waals surface area contributed by atoms with Crippen molar-refractivity contribution in [1.82, 2.24) is 10.9 Å². The van der Waals surface area contributed by atoms with Gasteiger partial charge in [0.1, 0.15) is 5.75 Å². The summed E-state index contributed by atoms with van der Waals surface area (Å²) in [7, 11) is 0. The second-order valence-corrected chi connectivity index (χ2v) is 7.00. The zero-order valence-electron chi connectivity index (χ0n) is 15.4. The Bertz CT molecular complexity index is 838. The van der Waals surface area contributed by atoms with Crippen LogP contribution in [0.1, 0.15) is 12.0 Å². The molecule has 1 atom stereocenters. The molecule has 0 saturated heterocycles. The molecule has 2 aromatic rings. The first-order chi connectivity index (χ1) is 13.6. The summed E-state index contributed by atoms with van der Waals surface area (Å²) < 4.78 is 5.32. The van der Waals surface area contributed by atoms with Crippen molar-refractivity contribution in [2.45, 2.75) is 6.42 Å². The van der Waals surface area contributed by atoms with E-state index in [1.54, 1.807) is 24.3 Å². The average molecular weight is 401 g/mol. The maximum absolute atomic E-state index is 12.1. The maximum atomic E-state index is 12.1. The van der Waals surface area contributed by atoms with Gasteiger partial charge >= 0.3 is 0 Å². The lowest BCUT2D eigenvalue weighted by Gasteiger charge is -2.23. The highest BCUT2D eigenvalue weighted by Crippen LogP contribution is 2.17. The largest absolute Gasteiger partial charge is 0.484 e. The third-order valence-electron chi connectivity index (χ3n) is 4.47. The van der Waals surface area contributed by atoms with Crippen molar-refractivity contribution in [2.24, 2.45) is 0 Å². The van der Waals surface area contributed by atoms with Crippen molar-refractivity contribution in [2.75, 3.05) is 26.2 Å². The summed E-state index contributed by atoms with van der Waals surface area (Å²) in [4.78, 5) is 25.0. The number of ether oxygens (including phenoxy) is 1. The second-order valence-electron chi connectivity index (χ2n) is 6.57. The van der Waals surface area contributed by atoms with Crippen LogP contribution in [0.15, 0.2) is 60.7 Å². The smallest absolute Gasteiger partial charge is 0.293 e. The van der Waals surface area contributed by atoms with Gasteiger partial charge in [-0.15, -0.1) is 0 Å². The van der Waals surface area contributed by atoms with Crippen LogP contribution in [0.25, 0.3) is 5.57 Å². The average Bonchev–Trinajstić information content (AvgIpc) is 2.73. The number of rotatable bonds is 6. The van der Waals surface area contributed by atoms with Crippen LogP contribution in [-0.2, 0) is 9.59 Å². The van der Waals surface area contributed by atoms with Crippen molar-refractivity contribution >= 4 is 29.0 Å². The van der Waals surface area contributed by atoms with Gasteiger partial charge in [-0.3, -0.25) is 20.4 Å². The van der Waals surface area contributed by atoms with Gasteiger partial charge < -0.3 is 9.64 Å². The molecule has 1 aliphatic heterocycles. The molecule has 28 heavy (non-hydrogen) atoms. The van der Waals surface area contributed by atoms with Gasteiger partial charge in [0.2, 0.25) is 0 Å². The molecule has 0 fully saturated rings. The van der Waals surface area contributed by atoms with Crippen LogP contribution in [0.5, 0.6) is 5.75 Å². The van der Waals surface area contributed by atoms with Gasteiger partial charge in [0, 0.05) is 11.4 Å². The van der Waals surface area contributed by atoms with Gasteiger partial charge in [-0.1, -0.05) is 41.9 Å². The normalized spacial score (nSPS) is 16.0. The second kappa shape index (κ2) is 9.92. The van der Waals surface area contributed by atoms with E-state index in [1.807, 2.05) is 18.2 Å². The zero-order valence-corrected chi connectivity index (χ0v) is 16.2. The Morgan fingerprint density at radius 2 is 1.71 bits per heavy atom. The minimum absolute atomic E-state index is 0.193. The summed E-state index contributed by atoms with van der Waals surface area (Å²) in [5, 5.41) is 0.593. The van der Waals surface area contributed by atoms with E-state index in [0.717, 1.165) is 24.4 Å². The van der Waals surface area contributed by atoms with Crippen LogP contribution in [-0.4, -0.2) is 38.1 Å². The van der Waals surface area contributed by atoms with Crippen LogP contribution >= 0.6 is 11.6 Å². The Kier molecular flexibility index (Phi) is 7.06. The quantitative estimate of drug-likeness (QED) is 0.639. The van der Waals surface area contributed by atoms with E-state index in [1.165, 1.54) is 11.1 Å². The standard InChI is InChI=1S/C21H22ClN3O3/c22-18-6-8-19(9-7-18)28-15-21(27)24-23-20(26)14-25-12-10-17(11-13-25)16-4-2-1-3-5-16/h1-10H,11-15H2,(H,23,26)(H,24,27)/p+1. The molecular weight excluding hydrogens is 378 g/mol. The molecule has 0 aromatic heterocycles. The Labute approximate surface area is 169 Å². The molecule has 7 heteroatoms. The lowest BCUT2D eigenvalue weighted by atomic mass is 10.00. The first-order valence-corrected chi connectivity index (χ1v) is 9.52. The van der Waals surface area contributed by atoms with Crippen molar-refractivity contribution in [3.63, 3.8) is 0 Å². The molecule has 146 valence electrons. The molecule has 1 aliphatic rings. The molecule has 0 spiro atoms. The molecular formula is C21H23ClN3O3+. The number of hydrogen-bond donors (Lipinski definition) is 3. The Balaban J connectivity index is 1.36. The van der Waals surface area contributed by atoms with Gasteiger partial charge in [-0.05, 0) is 41.5 Å². The third kappa shape index (κ3) is 6.11. The molecule has 2 amide bonds. The molecule has 1 unspecified atom stereocenters. The molecule has 3 N–H and O–H groups in total. The molecule has 1 heterocycles. The van der Waals surface area contributed by atoms with Crippen LogP contribution in [0.4, 0.5) is 0 Å². The highest BCUT2D eigenvalue weighted by molar-refractivity contribution is 6.30. The van der Waals surface area contributed by atoms with E-state index in [-0.39, 0.29) is 12.5 Å². The number of carbonyl (C=O) groups is 2. The first-order valence-electron chi connectivity index (χ1n) is 9.14. The Morgan fingerprint density at radius 3 is 2.39 bits per heavy atom. The molecule has 6 nitrogen and oxygen atoms in total. The predicted molar refractivity (Wildman–Crippen MR) is 108 cm³/mol. The summed E-state index contributed by atoms with van der Waals surface area (Å²) in [5.74, 6) is -0.126. The minimum Gasteiger partial charge on any atom is -0.484 e. The summed E-state index contributed by atoms with van der Waals surface area (Å²) in [6.07, 6.45) is 3.11. The van der Waals surface area contributed by atoms with Crippen molar-refractivity contribution < 1.29 is 19.2 Å². The Hall–Kier alpha value is -2.83. The lowest BCUT2D eigenvalue weighted by Crippen LogP contribution is -3.13. The van der Waals surface area contributed by atoms with Crippen molar-refractivity contribution in [1.29, 1.82) is 0 Å². The molecule has 3 rings (SSSR count). The van der Waals surface area contributed by atoms with Crippen LogP contribution in [0.3, 0.4) is 0 Å². The minimum atomic E-state index is -0.428. The van der Waals surface area contributed by atoms with Gasteiger partial charge in [0.05, 0.1) is 13.1 Å². The summed E-state index contributed by atoms with van der Waals surface area (Å²) >= 11 is 5.79. The number of benzene rings is 2. The Morgan fingerprint density at radius 1 is 1.00 bits per heavy atom. The van der Waals surface area contributed by atoms with E-state index in [4.69, 9.17) is 16.3 Å². The zero-order chi connectivity index (χ0) is 19.8.